The zero-order valence-electron chi connectivity index (χ0n) is 9.21. The lowest BCUT2D eigenvalue weighted by atomic mass is 9.71. The summed E-state index contributed by atoms with van der Waals surface area (Å²) in [6.45, 7) is 6.80. The van der Waals surface area contributed by atoms with Gasteiger partial charge in [-0.25, -0.2) is 0 Å². The van der Waals surface area contributed by atoms with Crippen LogP contribution in [0.3, 0.4) is 0 Å². The van der Waals surface area contributed by atoms with Crippen LogP contribution in [-0.2, 0) is 4.74 Å². The summed E-state index contributed by atoms with van der Waals surface area (Å²) in [7, 11) is 1.69. The van der Waals surface area contributed by atoms with E-state index in [4.69, 9.17) is 4.74 Å². The predicted molar refractivity (Wildman–Crippen MR) is 53.6 cm³/mol. The van der Waals surface area contributed by atoms with E-state index >= 15 is 0 Å². The van der Waals surface area contributed by atoms with E-state index in [0.717, 1.165) is 19.3 Å². The summed E-state index contributed by atoms with van der Waals surface area (Å²) in [6, 6.07) is 0. The SMILES string of the molecule is CO[C@@H]1CC(C(C)(C)C)CC[C@@H]1O. The van der Waals surface area contributed by atoms with Gasteiger partial charge in [0.2, 0.25) is 0 Å². The lowest BCUT2D eigenvalue weighted by Crippen LogP contribution is -2.39. The molecular weight excluding hydrogens is 164 g/mol. The van der Waals surface area contributed by atoms with Crippen LogP contribution in [0.1, 0.15) is 40.0 Å². The van der Waals surface area contributed by atoms with Crippen molar-refractivity contribution in [3.63, 3.8) is 0 Å². The van der Waals surface area contributed by atoms with Gasteiger partial charge in [0.05, 0.1) is 12.2 Å². The first-order chi connectivity index (χ1) is 5.95. The molecule has 0 saturated heterocycles. The van der Waals surface area contributed by atoms with Crippen molar-refractivity contribution in [3.05, 3.63) is 0 Å². The van der Waals surface area contributed by atoms with E-state index in [0.29, 0.717) is 11.3 Å². The van der Waals surface area contributed by atoms with Gasteiger partial charge in [0.15, 0.2) is 0 Å². The minimum Gasteiger partial charge on any atom is -0.390 e. The Morgan fingerprint density at radius 3 is 2.31 bits per heavy atom. The minimum absolute atomic E-state index is 0.0537. The fraction of sp³-hybridized carbons (Fsp3) is 1.00. The van der Waals surface area contributed by atoms with Crippen molar-refractivity contribution in [3.8, 4) is 0 Å². The van der Waals surface area contributed by atoms with Gasteiger partial charge < -0.3 is 9.84 Å². The number of methoxy groups -OCH3 is 1. The number of aliphatic hydroxyl groups is 1. The smallest absolute Gasteiger partial charge is 0.0833 e. The van der Waals surface area contributed by atoms with Gasteiger partial charge in [-0.05, 0) is 30.6 Å². The summed E-state index contributed by atoms with van der Waals surface area (Å²) < 4.78 is 5.28. The molecule has 2 heteroatoms. The zero-order chi connectivity index (χ0) is 10.1. The van der Waals surface area contributed by atoms with Gasteiger partial charge >= 0.3 is 0 Å². The van der Waals surface area contributed by atoms with Gasteiger partial charge in [-0.1, -0.05) is 20.8 Å². The highest BCUT2D eigenvalue weighted by Crippen LogP contribution is 2.38. The lowest BCUT2D eigenvalue weighted by Gasteiger charge is -2.39. The second-order valence-corrected chi connectivity index (χ2v) is 5.22. The molecule has 2 nitrogen and oxygen atoms in total. The largest absolute Gasteiger partial charge is 0.390 e. The van der Waals surface area contributed by atoms with E-state index in [2.05, 4.69) is 20.8 Å². The van der Waals surface area contributed by atoms with Crippen LogP contribution < -0.4 is 0 Å². The Labute approximate surface area is 81.3 Å². The summed E-state index contributed by atoms with van der Waals surface area (Å²) in [4.78, 5) is 0. The van der Waals surface area contributed by atoms with Crippen LogP contribution in [0, 0.1) is 11.3 Å². The van der Waals surface area contributed by atoms with Crippen molar-refractivity contribution in [2.45, 2.75) is 52.2 Å². The Balaban J connectivity index is 2.55. The van der Waals surface area contributed by atoms with E-state index in [-0.39, 0.29) is 12.2 Å². The van der Waals surface area contributed by atoms with E-state index in [1.807, 2.05) is 0 Å². The molecule has 1 fully saturated rings. The van der Waals surface area contributed by atoms with Gasteiger partial charge in [-0.2, -0.15) is 0 Å². The zero-order valence-corrected chi connectivity index (χ0v) is 9.21. The molecule has 1 unspecified atom stereocenters. The normalized spacial score (nSPS) is 36.2. The van der Waals surface area contributed by atoms with Crippen molar-refractivity contribution in [2.24, 2.45) is 11.3 Å². The summed E-state index contributed by atoms with van der Waals surface area (Å²) in [5, 5.41) is 9.63. The molecule has 0 spiro atoms. The average molecular weight is 186 g/mol. The van der Waals surface area contributed by atoms with Gasteiger partial charge in [0, 0.05) is 7.11 Å². The Kier molecular flexibility index (Phi) is 3.36. The van der Waals surface area contributed by atoms with E-state index in [1.165, 1.54) is 0 Å². The van der Waals surface area contributed by atoms with Gasteiger partial charge in [0.25, 0.3) is 0 Å². The summed E-state index contributed by atoms with van der Waals surface area (Å²) in [5.74, 6) is 0.681. The molecule has 13 heavy (non-hydrogen) atoms. The van der Waals surface area contributed by atoms with Crippen LogP contribution in [0.4, 0.5) is 0 Å². The molecule has 3 atom stereocenters. The van der Waals surface area contributed by atoms with Crippen molar-refractivity contribution in [1.29, 1.82) is 0 Å². The average Bonchev–Trinajstić information content (AvgIpc) is 2.03. The molecule has 78 valence electrons. The number of aliphatic hydroxyl groups excluding tert-OH is 1. The molecule has 0 aromatic rings. The van der Waals surface area contributed by atoms with Gasteiger partial charge in [-0.3, -0.25) is 0 Å². The predicted octanol–water partition coefficient (Wildman–Crippen LogP) is 2.21. The summed E-state index contributed by atoms with van der Waals surface area (Å²) in [5.41, 5.74) is 0.344. The molecule has 0 radical (unpaired) electrons. The lowest BCUT2D eigenvalue weighted by molar-refractivity contribution is -0.0651. The third-order valence-electron chi connectivity index (χ3n) is 3.28. The second kappa shape index (κ2) is 3.97. The fourth-order valence-electron chi connectivity index (χ4n) is 2.15. The molecule has 1 aliphatic carbocycles. The van der Waals surface area contributed by atoms with Crippen LogP contribution in [0.25, 0.3) is 0 Å². The molecule has 1 aliphatic rings. The first-order valence-corrected chi connectivity index (χ1v) is 5.16. The maximum absolute atomic E-state index is 9.63. The standard InChI is InChI=1S/C11H22O2/c1-11(2,3)8-5-6-9(12)10(7-8)13-4/h8-10,12H,5-7H2,1-4H3/t8?,9-,10+/m0/s1. The number of rotatable bonds is 1. The molecule has 0 aliphatic heterocycles. The molecule has 1 rings (SSSR count). The van der Waals surface area contributed by atoms with E-state index in [9.17, 15) is 5.11 Å². The minimum atomic E-state index is -0.247. The second-order valence-electron chi connectivity index (χ2n) is 5.22. The number of hydrogen-bond donors (Lipinski definition) is 1. The number of hydrogen-bond acceptors (Lipinski definition) is 2. The molecule has 0 aromatic heterocycles. The molecule has 0 amide bonds. The highest BCUT2D eigenvalue weighted by molar-refractivity contribution is 4.85. The molecule has 0 aromatic carbocycles. The molecule has 1 N–H and O–H groups in total. The highest BCUT2D eigenvalue weighted by Gasteiger charge is 2.34. The summed E-state index contributed by atoms with van der Waals surface area (Å²) in [6.07, 6.45) is 2.83. The van der Waals surface area contributed by atoms with Crippen LogP contribution in [0.5, 0.6) is 0 Å². The Morgan fingerprint density at radius 1 is 1.23 bits per heavy atom. The van der Waals surface area contributed by atoms with Crippen LogP contribution in [-0.4, -0.2) is 24.4 Å². The summed E-state index contributed by atoms with van der Waals surface area (Å²) >= 11 is 0. The van der Waals surface area contributed by atoms with Gasteiger partial charge in [-0.15, -0.1) is 0 Å². The van der Waals surface area contributed by atoms with Gasteiger partial charge in [0.1, 0.15) is 0 Å². The number of ether oxygens (including phenoxy) is 1. The molecule has 0 bridgehead atoms. The molecular formula is C11H22O2. The van der Waals surface area contributed by atoms with Crippen LogP contribution in [0.2, 0.25) is 0 Å². The Bertz CT molecular complexity index is 160. The first-order valence-electron chi connectivity index (χ1n) is 5.16. The van der Waals surface area contributed by atoms with Crippen molar-refractivity contribution < 1.29 is 9.84 Å². The monoisotopic (exact) mass is 186 g/mol. The van der Waals surface area contributed by atoms with Crippen LogP contribution in [0.15, 0.2) is 0 Å². The highest BCUT2D eigenvalue weighted by atomic mass is 16.5. The topological polar surface area (TPSA) is 29.5 Å². The van der Waals surface area contributed by atoms with Crippen molar-refractivity contribution in [1.82, 2.24) is 0 Å². The fourth-order valence-corrected chi connectivity index (χ4v) is 2.15. The Hall–Kier alpha value is -0.0800. The third kappa shape index (κ3) is 2.68. The third-order valence-corrected chi connectivity index (χ3v) is 3.28. The van der Waals surface area contributed by atoms with E-state index < -0.39 is 0 Å². The van der Waals surface area contributed by atoms with Crippen LogP contribution >= 0.6 is 0 Å². The maximum atomic E-state index is 9.63. The first kappa shape index (κ1) is 11.0. The van der Waals surface area contributed by atoms with Crippen molar-refractivity contribution in [2.75, 3.05) is 7.11 Å². The molecule has 0 heterocycles. The Morgan fingerprint density at radius 2 is 1.85 bits per heavy atom. The maximum Gasteiger partial charge on any atom is 0.0833 e. The quantitative estimate of drug-likeness (QED) is 0.680. The van der Waals surface area contributed by atoms with Crippen molar-refractivity contribution >= 4 is 0 Å². The van der Waals surface area contributed by atoms with E-state index in [1.54, 1.807) is 7.11 Å². The molecule has 1 saturated carbocycles.